The molecule has 2 aromatic carbocycles. The van der Waals surface area contributed by atoms with Gasteiger partial charge in [0.2, 0.25) is 5.91 Å². The van der Waals surface area contributed by atoms with Crippen molar-refractivity contribution in [2.24, 2.45) is 0 Å². The van der Waals surface area contributed by atoms with E-state index in [1.807, 2.05) is 43.3 Å². The van der Waals surface area contributed by atoms with E-state index in [2.05, 4.69) is 15.1 Å². The Morgan fingerprint density at radius 3 is 2.46 bits per heavy atom. The van der Waals surface area contributed by atoms with Crippen LogP contribution in [0.2, 0.25) is 10.0 Å². The van der Waals surface area contributed by atoms with Crippen molar-refractivity contribution in [2.75, 3.05) is 44.6 Å². The van der Waals surface area contributed by atoms with Crippen LogP contribution in [0.15, 0.2) is 48.5 Å². The molecule has 1 N–H and O–H groups in total. The molecule has 3 rings (SSSR count). The van der Waals surface area contributed by atoms with Crippen molar-refractivity contribution in [3.8, 4) is 5.75 Å². The standard InChI is InChI=1S/C21H25Cl2N3O2/c1-16(21(27)24-19-4-2-3-18(23)15-19)26-11-9-25(10-12-26)13-14-28-20-7-5-17(22)6-8-20/h2-8,15-16H,9-14H2,1H3,(H,24,27). The zero-order valence-electron chi connectivity index (χ0n) is 15.9. The summed E-state index contributed by atoms with van der Waals surface area (Å²) in [6.45, 7) is 6.97. The molecule has 2 aromatic rings. The first kappa shape index (κ1) is 20.9. The van der Waals surface area contributed by atoms with E-state index >= 15 is 0 Å². The topological polar surface area (TPSA) is 44.8 Å². The second kappa shape index (κ2) is 10.1. The number of carbonyl (C=O) groups is 1. The molecular formula is C21H25Cl2N3O2. The van der Waals surface area contributed by atoms with E-state index in [9.17, 15) is 4.79 Å². The van der Waals surface area contributed by atoms with Gasteiger partial charge in [-0.05, 0) is 49.4 Å². The van der Waals surface area contributed by atoms with Crippen molar-refractivity contribution in [3.05, 3.63) is 58.6 Å². The second-order valence-electron chi connectivity index (χ2n) is 6.86. The minimum Gasteiger partial charge on any atom is -0.492 e. The van der Waals surface area contributed by atoms with Crippen LogP contribution in [0.3, 0.4) is 0 Å². The van der Waals surface area contributed by atoms with Gasteiger partial charge >= 0.3 is 0 Å². The van der Waals surface area contributed by atoms with Gasteiger partial charge in [-0.15, -0.1) is 0 Å². The Labute approximate surface area is 176 Å². The van der Waals surface area contributed by atoms with Crippen LogP contribution in [0.5, 0.6) is 5.75 Å². The van der Waals surface area contributed by atoms with Crippen LogP contribution in [-0.4, -0.2) is 61.1 Å². The molecule has 0 radical (unpaired) electrons. The van der Waals surface area contributed by atoms with E-state index in [-0.39, 0.29) is 11.9 Å². The number of nitrogens with one attached hydrogen (secondary N) is 1. The number of nitrogens with zero attached hydrogens (tertiary/aromatic N) is 2. The summed E-state index contributed by atoms with van der Waals surface area (Å²) in [6.07, 6.45) is 0. The number of amides is 1. The number of anilines is 1. The molecule has 1 heterocycles. The first-order valence-electron chi connectivity index (χ1n) is 9.42. The van der Waals surface area contributed by atoms with E-state index in [1.54, 1.807) is 12.1 Å². The number of rotatable bonds is 7. The number of carbonyl (C=O) groups excluding carboxylic acids is 1. The summed E-state index contributed by atoms with van der Waals surface area (Å²) in [5.74, 6) is 0.816. The van der Waals surface area contributed by atoms with Gasteiger partial charge in [0, 0.05) is 48.5 Å². The zero-order chi connectivity index (χ0) is 19.9. The molecule has 7 heteroatoms. The number of piperazine rings is 1. The molecule has 0 saturated carbocycles. The first-order valence-corrected chi connectivity index (χ1v) is 10.2. The number of halogens is 2. The SMILES string of the molecule is CC(C(=O)Nc1cccc(Cl)c1)N1CCN(CCOc2ccc(Cl)cc2)CC1. The first-order chi connectivity index (χ1) is 13.5. The fourth-order valence-corrected chi connectivity index (χ4v) is 3.49. The predicted molar refractivity (Wildman–Crippen MR) is 115 cm³/mol. The predicted octanol–water partition coefficient (Wildman–Crippen LogP) is 4.02. The summed E-state index contributed by atoms with van der Waals surface area (Å²) in [5, 5.41) is 4.26. The lowest BCUT2D eigenvalue weighted by Gasteiger charge is -2.37. The highest BCUT2D eigenvalue weighted by Crippen LogP contribution is 2.17. The van der Waals surface area contributed by atoms with Gasteiger partial charge < -0.3 is 10.1 Å². The molecule has 0 aliphatic carbocycles. The van der Waals surface area contributed by atoms with Crippen LogP contribution in [-0.2, 0) is 4.79 Å². The molecule has 1 unspecified atom stereocenters. The van der Waals surface area contributed by atoms with Gasteiger partial charge in [-0.25, -0.2) is 0 Å². The van der Waals surface area contributed by atoms with Gasteiger partial charge in [-0.2, -0.15) is 0 Å². The van der Waals surface area contributed by atoms with Gasteiger partial charge in [-0.1, -0.05) is 29.3 Å². The normalized spacial score (nSPS) is 16.5. The highest BCUT2D eigenvalue weighted by Gasteiger charge is 2.25. The fraction of sp³-hybridized carbons (Fsp3) is 0.381. The van der Waals surface area contributed by atoms with Gasteiger partial charge in [0.1, 0.15) is 12.4 Å². The second-order valence-corrected chi connectivity index (χ2v) is 7.73. The Balaban J connectivity index is 1.39. The maximum Gasteiger partial charge on any atom is 0.241 e. The Kier molecular flexibility index (Phi) is 7.57. The van der Waals surface area contributed by atoms with E-state index in [0.717, 1.165) is 44.2 Å². The minimum atomic E-state index is -0.188. The maximum atomic E-state index is 12.5. The van der Waals surface area contributed by atoms with Crippen molar-refractivity contribution >= 4 is 34.8 Å². The van der Waals surface area contributed by atoms with Crippen LogP contribution in [0, 0.1) is 0 Å². The zero-order valence-corrected chi connectivity index (χ0v) is 17.4. The smallest absolute Gasteiger partial charge is 0.241 e. The third-order valence-corrected chi connectivity index (χ3v) is 5.40. The van der Waals surface area contributed by atoms with E-state index in [0.29, 0.717) is 16.7 Å². The molecule has 0 aromatic heterocycles. The summed E-state index contributed by atoms with van der Waals surface area (Å²) in [5.41, 5.74) is 0.724. The van der Waals surface area contributed by atoms with Crippen molar-refractivity contribution in [1.82, 2.24) is 9.80 Å². The summed E-state index contributed by atoms with van der Waals surface area (Å²) in [7, 11) is 0. The van der Waals surface area contributed by atoms with Gasteiger partial charge in [-0.3, -0.25) is 14.6 Å². The molecule has 28 heavy (non-hydrogen) atoms. The molecule has 5 nitrogen and oxygen atoms in total. The number of ether oxygens (including phenoxy) is 1. The van der Waals surface area contributed by atoms with Crippen molar-refractivity contribution < 1.29 is 9.53 Å². The molecule has 1 atom stereocenters. The van der Waals surface area contributed by atoms with Gasteiger partial charge in [0.15, 0.2) is 0 Å². The fourth-order valence-electron chi connectivity index (χ4n) is 3.18. The number of hydrogen-bond donors (Lipinski definition) is 1. The van der Waals surface area contributed by atoms with Crippen LogP contribution in [0.25, 0.3) is 0 Å². The lowest BCUT2D eigenvalue weighted by atomic mass is 10.2. The molecule has 1 aliphatic heterocycles. The summed E-state index contributed by atoms with van der Waals surface area (Å²) in [6, 6.07) is 14.4. The van der Waals surface area contributed by atoms with Gasteiger partial charge in [0.25, 0.3) is 0 Å². The molecule has 1 fully saturated rings. The van der Waals surface area contributed by atoms with Crippen molar-refractivity contribution in [3.63, 3.8) is 0 Å². The van der Waals surface area contributed by atoms with Crippen molar-refractivity contribution in [1.29, 1.82) is 0 Å². The third kappa shape index (κ3) is 6.11. The van der Waals surface area contributed by atoms with E-state index < -0.39 is 0 Å². The average molecular weight is 422 g/mol. The Morgan fingerprint density at radius 2 is 1.79 bits per heavy atom. The number of hydrogen-bond acceptors (Lipinski definition) is 4. The molecule has 1 amide bonds. The lowest BCUT2D eigenvalue weighted by Crippen LogP contribution is -2.53. The third-order valence-electron chi connectivity index (χ3n) is 4.92. The number of benzene rings is 2. The molecular weight excluding hydrogens is 397 g/mol. The van der Waals surface area contributed by atoms with Crippen LogP contribution in [0.1, 0.15) is 6.92 Å². The summed E-state index contributed by atoms with van der Waals surface area (Å²) in [4.78, 5) is 17.1. The Morgan fingerprint density at radius 1 is 1.07 bits per heavy atom. The van der Waals surface area contributed by atoms with Crippen molar-refractivity contribution in [2.45, 2.75) is 13.0 Å². The minimum absolute atomic E-state index is 0.0122. The lowest BCUT2D eigenvalue weighted by molar-refractivity contribution is -0.121. The summed E-state index contributed by atoms with van der Waals surface area (Å²) < 4.78 is 5.76. The van der Waals surface area contributed by atoms with Crippen LogP contribution >= 0.6 is 23.2 Å². The molecule has 150 valence electrons. The maximum absolute atomic E-state index is 12.5. The van der Waals surface area contributed by atoms with Gasteiger partial charge in [0.05, 0.1) is 6.04 Å². The highest BCUT2D eigenvalue weighted by atomic mass is 35.5. The van der Waals surface area contributed by atoms with Crippen LogP contribution < -0.4 is 10.1 Å². The van der Waals surface area contributed by atoms with Crippen LogP contribution in [0.4, 0.5) is 5.69 Å². The van der Waals surface area contributed by atoms with E-state index in [4.69, 9.17) is 27.9 Å². The Bertz CT molecular complexity index is 777. The quantitative estimate of drug-likeness (QED) is 0.732. The molecule has 0 bridgehead atoms. The molecule has 1 aliphatic rings. The largest absolute Gasteiger partial charge is 0.492 e. The molecule has 0 spiro atoms. The highest BCUT2D eigenvalue weighted by molar-refractivity contribution is 6.31. The van der Waals surface area contributed by atoms with E-state index in [1.165, 1.54) is 0 Å². The average Bonchev–Trinajstić information content (AvgIpc) is 2.69. The summed E-state index contributed by atoms with van der Waals surface area (Å²) >= 11 is 11.9. The monoisotopic (exact) mass is 421 g/mol. The molecule has 1 saturated heterocycles. The Hall–Kier alpha value is -1.79.